The molecule has 2 atom stereocenters. The van der Waals surface area contributed by atoms with Crippen molar-refractivity contribution in [1.82, 2.24) is 4.90 Å². The van der Waals surface area contributed by atoms with Crippen LogP contribution >= 0.6 is 11.6 Å². The Morgan fingerprint density at radius 2 is 2.12 bits per heavy atom. The first-order valence-corrected chi connectivity index (χ1v) is 6.26. The van der Waals surface area contributed by atoms with Crippen molar-refractivity contribution in [1.29, 1.82) is 0 Å². The first-order chi connectivity index (χ1) is 7.70. The lowest BCUT2D eigenvalue weighted by atomic mass is 10.0. The van der Waals surface area contributed by atoms with E-state index in [1.165, 1.54) is 5.56 Å². The summed E-state index contributed by atoms with van der Waals surface area (Å²) in [4.78, 5) is 2.36. The number of hydrogen-bond donors (Lipinski definition) is 1. The van der Waals surface area contributed by atoms with Gasteiger partial charge in [-0.1, -0.05) is 30.7 Å². The van der Waals surface area contributed by atoms with Gasteiger partial charge in [-0.3, -0.25) is 4.90 Å². The number of benzene rings is 1. The molecule has 1 fully saturated rings. The van der Waals surface area contributed by atoms with Gasteiger partial charge in [-0.2, -0.15) is 0 Å². The van der Waals surface area contributed by atoms with Crippen molar-refractivity contribution in [2.45, 2.75) is 31.9 Å². The fourth-order valence-electron chi connectivity index (χ4n) is 2.44. The minimum Gasteiger partial charge on any atom is -0.392 e. The van der Waals surface area contributed by atoms with Gasteiger partial charge in [0, 0.05) is 24.2 Å². The van der Waals surface area contributed by atoms with E-state index in [0.717, 1.165) is 31.0 Å². The Morgan fingerprint density at radius 3 is 2.62 bits per heavy atom. The van der Waals surface area contributed by atoms with Crippen LogP contribution in [0.1, 0.15) is 31.4 Å². The van der Waals surface area contributed by atoms with E-state index in [4.69, 9.17) is 11.6 Å². The van der Waals surface area contributed by atoms with Gasteiger partial charge in [0.2, 0.25) is 0 Å². The van der Waals surface area contributed by atoms with Gasteiger partial charge in [0.15, 0.2) is 0 Å². The van der Waals surface area contributed by atoms with E-state index in [1.54, 1.807) is 0 Å². The summed E-state index contributed by atoms with van der Waals surface area (Å²) in [7, 11) is 0. The standard InChI is InChI=1S/C13H18ClNO/c1-2-13(15-8-7-12(16)9-15)10-3-5-11(14)6-4-10/h3-6,12-13,16H,2,7-9H2,1H3/t12-,13?/m0/s1. The summed E-state index contributed by atoms with van der Waals surface area (Å²) < 4.78 is 0. The Kier molecular flexibility index (Phi) is 3.85. The third-order valence-corrected chi connectivity index (χ3v) is 3.53. The lowest BCUT2D eigenvalue weighted by molar-refractivity contribution is 0.157. The summed E-state index contributed by atoms with van der Waals surface area (Å²) >= 11 is 5.89. The van der Waals surface area contributed by atoms with Crippen LogP contribution < -0.4 is 0 Å². The summed E-state index contributed by atoms with van der Waals surface area (Å²) in [5, 5.41) is 10.4. The van der Waals surface area contributed by atoms with Gasteiger partial charge < -0.3 is 5.11 Å². The molecule has 0 radical (unpaired) electrons. The summed E-state index contributed by atoms with van der Waals surface area (Å²) in [5.41, 5.74) is 1.29. The highest BCUT2D eigenvalue weighted by molar-refractivity contribution is 6.30. The fraction of sp³-hybridized carbons (Fsp3) is 0.538. The van der Waals surface area contributed by atoms with Crippen LogP contribution in [0, 0.1) is 0 Å². The highest BCUT2D eigenvalue weighted by Gasteiger charge is 2.26. The predicted molar refractivity (Wildman–Crippen MR) is 66.7 cm³/mol. The minimum absolute atomic E-state index is 0.152. The molecule has 1 aromatic carbocycles. The van der Waals surface area contributed by atoms with Crippen LogP contribution in [0.3, 0.4) is 0 Å². The number of halogens is 1. The molecule has 1 N–H and O–H groups in total. The summed E-state index contributed by atoms with van der Waals surface area (Å²) in [6.45, 7) is 3.97. The lowest BCUT2D eigenvalue weighted by Crippen LogP contribution is -2.27. The van der Waals surface area contributed by atoms with E-state index in [0.29, 0.717) is 6.04 Å². The van der Waals surface area contributed by atoms with Crippen LogP contribution in [-0.4, -0.2) is 29.2 Å². The van der Waals surface area contributed by atoms with Crippen LogP contribution in [0.2, 0.25) is 5.02 Å². The minimum atomic E-state index is -0.152. The monoisotopic (exact) mass is 239 g/mol. The number of likely N-dealkylation sites (tertiary alicyclic amines) is 1. The van der Waals surface area contributed by atoms with E-state index >= 15 is 0 Å². The molecule has 2 nitrogen and oxygen atoms in total. The van der Waals surface area contributed by atoms with Crippen LogP contribution in [0.4, 0.5) is 0 Å². The van der Waals surface area contributed by atoms with Crippen molar-refractivity contribution < 1.29 is 5.11 Å². The molecule has 0 spiro atoms. The van der Waals surface area contributed by atoms with Crippen molar-refractivity contribution in [3.05, 3.63) is 34.9 Å². The summed E-state index contributed by atoms with van der Waals surface area (Å²) in [6.07, 6.45) is 1.81. The lowest BCUT2D eigenvalue weighted by Gasteiger charge is -2.26. The molecule has 0 bridgehead atoms. The highest BCUT2D eigenvalue weighted by atomic mass is 35.5. The van der Waals surface area contributed by atoms with Crippen molar-refractivity contribution in [3.63, 3.8) is 0 Å². The van der Waals surface area contributed by atoms with Gasteiger partial charge in [0.1, 0.15) is 0 Å². The third-order valence-electron chi connectivity index (χ3n) is 3.28. The Hall–Kier alpha value is -0.570. The zero-order valence-corrected chi connectivity index (χ0v) is 10.3. The number of nitrogens with zero attached hydrogens (tertiary/aromatic N) is 1. The van der Waals surface area contributed by atoms with E-state index in [9.17, 15) is 5.11 Å². The topological polar surface area (TPSA) is 23.5 Å². The zero-order valence-electron chi connectivity index (χ0n) is 9.56. The van der Waals surface area contributed by atoms with Gasteiger partial charge in [-0.25, -0.2) is 0 Å². The van der Waals surface area contributed by atoms with Crippen molar-refractivity contribution in [2.24, 2.45) is 0 Å². The van der Waals surface area contributed by atoms with Crippen LogP contribution in [0.5, 0.6) is 0 Å². The van der Waals surface area contributed by atoms with Crippen LogP contribution in [-0.2, 0) is 0 Å². The molecule has 0 amide bonds. The molecule has 0 saturated carbocycles. The molecule has 1 aliphatic rings. The molecule has 1 heterocycles. The van der Waals surface area contributed by atoms with Crippen molar-refractivity contribution >= 4 is 11.6 Å². The number of β-amino-alcohol motifs (C(OH)–C–C–N with tert-alkyl or cyclic N) is 1. The Balaban J connectivity index is 2.13. The maximum absolute atomic E-state index is 9.57. The largest absolute Gasteiger partial charge is 0.392 e. The maximum Gasteiger partial charge on any atom is 0.0679 e. The first-order valence-electron chi connectivity index (χ1n) is 5.88. The number of rotatable bonds is 3. The van der Waals surface area contributed by atoms with E-state index < -0.39 is 0 Å². The average molecular weight is 240 g/mol. The molecule has 2 rings (SSSR count). The molecule has 88 valence electrons. The first kappa shape index (κ1) is 11.9. The molecule has 1 aliphatic heterocycles. The van der Waals surface area contributed by atoms with E-state index in [2.05, 4.69) is 24.0 Å². The predicted octanol–water partition coefficient (Wildman–Crippen LogP) is 2.86. The summed E-state index contributed by atoms with van der Waals surface area (Å²) in [5.74, 6) is 0. The maximum atomic E-state index is 9.57. The normalized spacial score (nSPS) is 23.6. The van der Waals surface area contributed by atoms with Gasteiger partial charge >= 0.3 is 0 Å². The second-order valence-corrected chi connectivity index (χ2v) is 4.85. The smallest absolute Gasteiger partial charge is 0.0679 e. The van der Waals surface area contributed by atoms with Crippen molar-refractivity contribution in [3.8, 4) is 0 Å². The number of aliphatic hydroxyl groups excluding tert-OH is 1. The molecule has 0 aliphatic carbocycles. The Morgan fingerprint density at radius 1 is 1.44 bits per heavy atom. The molecule has 3 heteroatoms. The highest BCUT2D eigenvalue weighted by Crippen LogP contribution is 2.28. The zero-order chi connectivity index (χ0) is 11.5. The van der Waals surface area contributed by atoms with Gasteiger partial charge in [-0.05, 0) is 30.5 Å². The van der Waals surface area contributed by atoms with Gasteiger partial charge in [0.25, 0.3) is 0 Å². The SMILES string of the molecule is CCC(c1ccc(Cl)cc1)N1CC[C@H](O)C1. The second-order valence-electron chi connectivity index (χ2n) is 4.41. The third kappa shape index (κ3) is 2.57. The number of aliphatic hydroxyl groups is 1. The van der Waals surface area contributed by atoms with Crippen LogP contribution in [0.15, 0.2) is 24.3 Å². The average Bonchev–Trinajstić information content (AvgIpc) is 2.69. The molecule has 0 aromatic heterocycles. The van der Waals surface area contributed by atoms with Crippen LogP contribution in [0.25, 0.3) is 0 Å². The number of hydrogen-bond acceptors (Lipinski definition) is 2. The van der Waals surface area contributed by atoms with Crippen molar-refractivity contribution in [2.75, 3.05) is 13.1 Å². The molecule has 16 heavy (non-hydrogen) atoms. The van der Waals surface area contributed by atoms with Gasteiger partial charge in [0.05, 0.1) is 6.10 Å². The molecule has 1 saturated heterocycles. The molecular formula is C13H18ClNO. The molecular weight excluding hydrogens is 222 g/mol. The Bertz CT molecular complexity index is 338. The van der Waals surface area contributed by atoms with Gasteiger partial charge in [-0.15, -0.1) is 0 Å². The Labute approximate surface area is 102 Å². The second kappa shape index (κ2) is 5.17. The fourth-order valence-corrected chi connectivity index (χ4v) is 2.57. The molecule has 1 aromatic rings. The quantitative estimate of drug-likeness (QED) is 0.877. The molecule has 1 unspecified atom stereocenters. The van der Waals surface area contributed by atoms with E-state index in [-0.39, 0.29) is 6.10 Å². The summed E-state index contributed by atoms with van der Waals surface area (Å²) in [6, 6.07) is 8.45. The van der Waals surface area contributed by atoms with E-state index in [1.807, 2.05) is 12.1 Å².